The minimum absolute atomic E-state index is 0.0235. The van der Waals surface area contributed by atoms with E-state index < -0.39 is 0 Å². The van der Waals surface area contributed by atoms with Crippen molar-refractivity contribution >= 4 is 39.6 Å². The molecule has 0 aromatic heterocycles. The molecule has 0 spiro atoms. The lowest BCUT2D eigenvalue weighted by atomic mass is 10.1. The largest absolute Gasteiger partial charge is 0.488 e. The van der Waals surface area contributed by atoms with Gasteiger partial charge in [0, 0.05) is 24.1 Å². The number of nitrogens with one attached hydrogen (secondary N) is 2. The van der Waals surface area contributed by atoms with E-state index in [0.29, 0.717) is 21.5 Å². The molecule has 3 rings (SSSR count). The number of rotatable bonds is 9. The molecule has 172 valence electrons. The van der Waals surface area contributed by atoms with Crippen molar-refractivity contribution in [2.24, 2.45) is 5.10 Å². The number of aryl methyl sites for hydroxylation is 1. The Morgan fingerprint density at radius 2 is 1.79 bits per heavy atom. The highest BCUT2D eigenvalue weighted by atomic mass is 79.9. The summed E-state index contributed by atoms with van der Waals surface area (Å²) < 4.78 is 6.53. The number of carbonyl (C=O) groups is 2. The summed E-state index contributed by atoms with van der Waals surface area (Å²) in [5.41, 5.74) is 6.35. The van der Waals surface area contributed by atoms with E-state index in [1.807, 2.05) is 49.4 Å². The van der Waals surface area contributed by atoms with Gasteiger partial charge in [0.2, 0.25) is 11.8 Å². The van der Waals surface area contributed by atoms with Gasteiger partial charge in [-0.1, -0.05) is 35.9 Å². The number of hydrogen-bond acceptors (Lipinski definition) is 5. The predicted octanol–water partition coefficient (Wildman–Crippen LogP) is 5.08. The molecule has 0 fully saturated rings. The van der Waals surface area contributed by atoms with Gasteiger partial charge in [0.15, 0.2) is 0 Å². The molecule has 0 saturated carbocycles. The lowest BCUT2D eigenvalue weighted by Crippen LogP contribution is -2.20. The van der Waals surface area contributed by atoms with E-state index in [1.54, 1.807) is 24.3 Å². The maximum atomic E-state index is 12.0. The van der Waals surface area contributed by atoms with E-state index in [4.69, 9.17) is 4.74 Å². The molecule has 0 bridgehead atoms. The first-order valence-corrected chi connectivity index (χ1v) is 11.3. The maximum absolute atomic E-state index is 12.0. The summed E-state index contributed by atoms with van der Waals surface area (Å²) in [5, 5.41) is 15.9. The first-order chi connectivity index (χ1) is 16.4. The SMILES string of the molecule is Cc1ccc(NC(=O)CCC(=O)NN=Cc2ccc(OCc3ccccc3C#N)c(Br)c2)cc1. The van der Waals surface area contributed by atoms with E-state index in [-0.39, 0.29) is 31.3 Å². The molecule has 0 aliphatic carbocycles. The van der Waals surface area contributed by atoms with E-state index in [2.05, 4.69) is 37.8 Å². The minimum atomic E-state index is -0.356. The fourth-order valence-corrected chi connectivity index (χ4v) is 3.46. The van der Waals surface area contributed by atoms with Crippen LogP contribution in [-0.4, -0.2) is 18.0 Å². The van der Waals surface area contributed by atoms with Gasteiger partial charge in [-0.15, -0.1) is 0 Å². The summed E-state index contributed by atoms with van der Waals surface area (Å²) in [6.07, 6.45) is 1.58. The number of nitriles is 1. The van der Waals surface area contributed by atoms with Gasteiger partial charge in [0.25, 0.3) is 0 Å². The minimum Gasteiger partial charge on any atom is -0.488 e. The van der Waals surface area contributed by atoms with Crippen LogP contribution in [-0.2, 0) is 16.2 Å². The molecule has 0 aliphatic heterocycles. The summed E-state index contributed by atoms with van der Waals surface area (Å²) in [7, 11) is 0. The summed E-state index contributed by atoms with van der Waals surface area (Å²) in [6, 6.07) is 22.2. The van der Waals surface area contributed by atoms with Crippen molar-refractivity contribution in [1.29, 1.82) is 5.26 Å². The fraction of sp³-hybridized carbons (Fsp3) is 0.154. The van der Waals surface area contributed by atoms with E-state index in [1.165, 1.54) is 6.21 Å². The predicted molar refractivity (Wildman–Crippen MR) is 134 cm³/mol. The zero-order valence-corrected chi connectivity index (χ0v) is 20.1. The molecule has 0 radical (unpaired) electrons. The van der Waals surface area contributed by atoms with Crippen molar-refractivity contribution in [3.8, 4) is 11.8 Å². The highest BCUT2D eigenvalue weighted by molar-refractivity contribution is 9.10. The van der Waals surface area contributed by atoms with Crippen molar-refractivity contribution < 1.29 is 14.3 Å². The normalized spacial score (nSPS) is 10.5. The van der Waals surface area contributed by atoms with Crippen molar-refractivity contribution in [2.75, 3.05) is 5.32 Å². The molecule has 0 unspecified atom stereocenters. The first kappa shape index (κ1) is 24.7. The number of nitrogens with zero attached hydrogens (tertiary/aromatic N) is 2. The monoisotopic (exact) mass is 518 g/mol. The van der Waals surface area contributed by atoms with Gasteiger partial charge in [-0.25, -0.2) is 5.43 Å². The number of carbonyl (C=O) groups excluding carboxylic acids is 2. The number of hydrazone groups is 1. The first-order valence-electron chi connectivity index (χ1n) is 10.5. The Bertz CT molecular complexity index is 1230. The lowest BCUT2D eigenvalue weighted by molar-refractivity contribution is -0.124. The highest BCUT2D eigenvalue weighted by Gasteiger charge is 2.08. The second-order valence-corrected chi connectivity index (χ2v) is 8.31. The average Bonchev–Trinajstić information content (AvgIpc) is 2.84. The van der Waals surface area contributed by atoms with Crippen LogP contribution in [0.25, 0.3) is 0 Å². The Morgan fingerprint density at radius 1 is 1.06 bits per heavy atom. The van der Waals surface area contributed by atoms with Crippen molar-refractivity contribution in [3.63, 3.8) is 0 Å². The van der Waals surface area contributed by atoms with Crippen LogP contribution < -0.4 is 15.5 Å². The second-order valence-electron chi connectivity index (χ2n) is 7.45. The van der Waals surface area contributed by atoms with Crippen LogP contribution in [0.1, 0.15) is 35.1 Å². The third kappa shape index (κ3) is 7.57. The topological polar surface area (TPSA) is 104 Å². The second kappa shape index (κ2) is 12.3. The summed E-state index contributed by atoms with van der Waals surface area (Å²) in [4.78, 5) is 24.0. The summed E-state index contributed by atoms with van der Waals surface area (Å²) in [5.74, 6) is 0.0268. The van der Waals surface area contributed by atoms with Gasteiger partial charge in [-0.3, -0.25) is 9.59 Å². The van der Waals surface area contributed by atoms with Crippen LogP contribution in [0.15, 0.2) is 76.3 Å². The Labute approximate surface area is 206 Å². The van der Waals surface area contributed by atoms with Crippen LogP contribution in [0.2, 0.25) is 0 Å². The number of amides is 2. The van der Waals surface area contributed by atoms with Gasteiger partial charge < -0.3 is 10.1 Å². The van der Waals surface area contributed by atoms with Gasteiger partial charge in [-0.05, 0) is 64.8 Å². The number of hydrogen-bond donors (Lipinski definition) is 2. The maximum Gasteiger partial charge on any atom is 0.240 e. The Balaban J connectivity index is 1.44. The average molecular weight is 519 g/mol. The zero-order chi connectivity index (χ0) is 24.3. The van der Waals surface area contributed by atoms with E-state index in [9.17, 15) is 14.9 Å². The van der Waals surface area contributed by atoms with Gasteiger partial charge in [-0.2, -0.15) is 10.4 Å². The van der Waals surface area contributed by atoms with Crippen LogP contribution in [0.3, 0.4) is 0 Å². The van der Waals surface area contributed by atoms with E-state index in [0.717, 1.165) is 16.7 Å². The van der Waals surface area contributed by atoms with Crippen molar-refractivity contribution in [3.05, 3.63) is 93.5 Å². The zero-order valence-electron chi connectivity index (χ0n) is 18.5. The number of benzene rings is 3. The molecule has 0 saturated heterocycles. The standard InChI is InChI=1S/C26H23BrN4O3/c1-18-6-9-22(10-7-18)30-25(32)12-13-26(33)31-29-16-19-8-11-24(23(27)14-19)34-17-21-5-3-2-4-20(21)15-28/h2-11,14,16H,12-13,17H2,1H3,(H,30,32)(H,31,33). The molecular weight excluding hydrogens is 496 g/mol. The van der Waals surface area contributed by atoms with Crippen LogP contribution >= 0.6 is 15.9 Å². The van der Waals surface area contributed by atoms with Crippen LogP contribution in [0.4, 0.5) is 5.69 Å². The molecule has 8 heteroatoms. The fourth-order valence-electron chi connectivity index (χ4n) is 2.95. The molecule has 34 heavy (non-hydrogen) atoms. The lowest BCUT2D eigenvalue weighted by Gasteiger charge is -2.10. The highest BCUT2D eigenvalue weighted by Crippen LogP contribution is 2.26. The molecule has 0 atom stereocenters. The Hall–Kier alpha value is -3.96. The van der Waals surface area contributed by atoms with Gasteiger partial charge >= 0.3 is 0 Å². The molecule has 3 aromatic carbocycles. The number of halogens is 1. The summed E-state index contributed by atoms with van der Waals surface area (Å²) in [6.45, 7) is 2.23. The van der Waals surface area contributed by atoms with Crippen molar-refractivity contribution in [2.45, 2.75) is 26.4 Å². The molecule has 0 heterocycles. The van der Waals surface area contributed by atoms with Crippen LogP contribution in [0.5, 0.6) is 5.75 Å². The van der Waals surface area contributed by atoms with E-state index >= 15 is 0 Å². The third-order valence-corrected chi connectivity index (χ3v) is 5.41. The Kier molecular flexibility index (Phi) is 8.95. The molecule has 2 amide bonds. The third-order valence-electron chi connectivity index (χ3n) is 4.79. The van der Waals surface area contributed by atoms with Crippen molar-refractivity contribution in [1.82, 2.24) is 5.43 Å². The smallest absolute Gasteiger partial charge is 0.240 e. The number of ether oxygens (including phenoxy) is 1. The Morgan fingerprint density at radius 3 is 2.53 bits per heavy atom. The molecular formula is C26H23BrN4O3. The molecule has 7 nitrogen and oxygen atoms in total. The molecule has 3 aromatic rings. The quantitative estimate of drug-likeness (QED) is 0.304. The molecule has 2 N–H and O–H groups in total. The summed E-state index contributed by atoms with van der Waals surface area (Å²) >= 11 is 3.47. The van der Waals surface area contributed by atoms with Gasteiger partial charge in [0.05, 0.1) is 22.3 Å². The number of anilines is 1. The van der Waals surface area contributed by atoms with Gasteiger partial charge in [0.1, 0.15) is 12.4 Å². The molecule has 0 aliphatic rings. The van der Waals surface area contributed by atoms with Crippen LogP contribution in [0, 0.1) is 18.3 Å².